The fourth-order valence-corrected chi connectivity index (χ4v) is 2.18. The maximum atomic E-state index is 14.0. The van der Waals surface area contributed by atoms with Crippen LogP contribution in [-0.2, 0) is 7.05 Å². The molecule has 1 aromatic carbocycles. The Balaban J connectivity index is 2.17. The van der Waals surface area contributed by atoms with E-state index in [0.29, 0.717) is 21.6 Å². The van der Waals surface area contributed by atoms with E-state index in [2.05, 4.69) is 5.10 Å². The third-order valence-corrected chi connectivity index (χ3v) is 3.12. The van der Waals surface area contributed by atoms with E-state index < -0.39 is 5.82 Å². The van der Waals surface area contributed by atoms with Crippen LogP contribution >= 0.6 is 0 Å². The van der Waals surface area contributed by atoms with Crippen molar-refractivity contribution in [1.29, 1.82) is 0 Å². The van der Waals surface area contributed by atoms with Gasteiger partial charge in [-0.3, -0.25) is 4.68 Å². The smallest absolute Gasteiger partial charge is 0.216 e. The largest absolute Gasteiger partial charge is 0.619 e. The van der Waals surface area contributed by atoms with Gasteiger partial charge in [-0.05, 0) is 24.3 Å². The normalized spacial score (nSPS) is 10.8. The van der Waals surface area contributed by atoms with Gasteiger partial charge >= 0.3 is 0 Å². The Bertz CT molecular complexity index is 797. The minimum Gasteiger partial charge on any atom is -0.619 e. The molecule has 106 valence electrons. The molecule has 0 aliphatic carbocycles. The Hall–Kier alpha value is -2.76. The predicted octanol–water partition coefficient (Wildman–Crippen LogP) is 2.67. The van der Waals surface area contributed by atoms with Crippen molar-refractivity contribution in [3.8, 4) is 22.4 Å². The lowest BCUT2D eigenvalue weighted by atomic mass is 10.0. The van der Waals surface area contributed by atoms with E-state index in [1.165, 1.54) is 24.4 Å². The van der Waals surface area contributed by atoms with Crippen LogP contribution in [0, 0.1) is 16.8 Å². The van der Waals surface area contributed by atoms with Crippen molar-refractivity contribution in [2.24, 2.45) is 7.05 Å². The lowest BCUT2D eigenvalue weighted by Crippen LogP contribution is -2.25. The molecular formula is C15H11F2N3O. The number of benzene rings is 1. The summed E-state index contributed by atoms with van der Waals surface area (Å²) in [5, 5.41) is 15.4. The maximum Gasteiger partial charge on any atom is 0.216 e. The van der Waals surface area contributed by atoms with Gasteiger partial charge in [-0.25, -0.2) is 4.39 Å². The molecule has 0 fully saturated rings. The van der Waals surface area contributed by atoms with E-state index in [4.69, 9.17) is 0 Å². The van der Waals surface area contributed by atoms with E-state index in [9.17, 15) is 14.0 Å². The van der Waals surface area contributed by atoms with Crippen LogP contribution < -0.4 is 4.73 Å². The second kappa shape index (κ2) is 4.97. The quantitative estimate of drug-likeness (QED) is 0.537. The summed E-state index contributed by atoms with van der Waals surface area (Å²) in [4.78, 5) is 0. The number of hydrogen-bond donors (Lipinski definition) is 0. The van der Waals surface area contributed by atoms with Gasteiger partial charge in [0.05, 0.1) is 0 Å². The molecule has 2 aromatic heterocycles. The standard InChI is InChI=1S/C15H11F2N3O/c1-19-8-13(12-6-7-20(21)9-14(12)17)15(18-19)10-2-4-11(16)5-3-10/h2-9H,1H3. The second-order valence-electron chi connectivity index (χ2n) is 4.64. The summed E-state index contributed by atoms with van der Waals surface area (Å²) in [6, 6.07) is 7.19. The molecule has 21 heavy (non-hydrogen) atoms. The van der Waals surface area contributed by atoms with Gasteiger partial charge in [-0.2, -0.15) is 14.2 Å². The maximum absolute atomic E-state index is 14.0. The second-order valence-corrected chi connectivity index (χ2v) is 4.64. The minimum absolute atomic E-state index is 0.273. The number of pyridine rings is 1. The molecule has 0 spiro atoms. The highest BCUT2D eigenvalue weighted by Crippen LogP contribution is 2.31. The van der Waals surface area contributed by atoms with Crippen LogP contribution in [0.1, 0.15) is 0 Å². The van der Waals surface area contributed by atoms with Crippen LogP contribution in [0.15, 0.2) is 48.9 Å². The number of aryl methyl sites for hydroxylation is 1. The highest BCUT2D eigenvalue weighted by atomic mass is 19.1. The van der Waals surface area contributed by atoms with Crippen molar-refractivity contribution in [3.05, 3.63) is 65.8 Å². The molecule has 3 aromatic rings. The van der Waals surface area contributed by atoms with E-state index >= 15 is 0 Å². The van der Waals surface area contributed by atoms with E-state index in [-0.39, 0.29) is 11.4 Å². The molecule has 0 unspecified atom stereocenters. The lowest BCUT2D eigenvalue weighted by Gasteiger charge is -2.04. The van der Waals surface area contributed by atoms with Gasteiger partial charge in [0.1, 0.15) is 11.5 Å². The summed E-state index contributed by atoms with van der Waals surface area (Å²) < 4.78 is 28.9. The van der Waals surface area contributed by atoms with Gasteiger partial charge < -0.3 is 5.21 Å². The Morgan fingerprint density at radius 3 is 2.48 bits per heavy atom. The first-order valence-corrected chi connectivity index (χ1v) is 6.23. The number of hydrogen-bond acceptors (Lipinski definition) is 2. The van der Waals surface area contributed by atoms with Crippen molar-refractivity contribution in [1.82, 2.24) is 9.78 Å². The molecule has 0 atom stereocenters. The van der Waals surface area contributed by atoms with Gasteiger partial charge in [-0.1, -0.05) is 0 Å². The summed E-state index contributed by atoms with van der Waals surface area (Å²) >= 11 is 0. The van der Waals surface area contributed by atoms with Gasteiger partial charge in [0, 0.05) is 36.0 Å². The number of nitrogens with zero attached hydrogens (tertiary/aromatic N) is 3. The molecule has 2 heterocycles. The average Bonchev–Trinajstić information content (AvgIpc) is 2.81. The van der Waals surface area contributed by atoms with Crippen LogP contribution in [-0.4, -0.2) is 9.78 Å². The zero-order valence-corrected chi connectivity index (χ0v) is 11.1. The highest BCUT2D eigenvalue weighted by Gasteiger charge is 2.17. The zero-order chi connectivity index (χ0) is 15.0. The first-order valence-electron chi connectivity index (χ1n) is 6.23. The van der Waals surface area contributed by atoms with E-state index in [1.807, 2.05) is 0 Å². The Kier molecular flexibility index (Phi) is 3.13. The molecule has 0 aliphatic rings. The molecule has 0 amide bonds. The Labute approximate surface area is 119 Å². The van der Waals surface area contributed by atoms with Crippen molar-refractivity contribution >= 4 is 0 Å². The summed E-state index contributed by atoms with van der Waals surface area (Å²) in [7, 11) is 1.71. The van der Waals surface area contributed by atoms with Crippen LogP contribution in [0.2, 0.25) is 0 Å². The van der Waals surface area contributed by atoms with Crippen molar-refractivity contribution < 1.29 is 13.5 Å². The summed E-state index contributed by atoms with van der Waals surface area (Å²) in [6.45, 7) is 0. The van der Waals surface area contributed by atoms with Gasteiger partial charge in [0.25, 0.3) is 0 Å². The first-order chi connectivity index (χ1) is 10.0. The fourth-order valence-electron chi connectivity index (χ4n) is 2.18. The molecule has 0 saturated carbocycles. The fraction of sp³-hybridized carbons (Fsp3) is 0.0667. The van der Waals surface area contributed by atoms with Crippen LogP contribution in [0.25, 0.3) is 22.4 Å². The molecule has 0 aliphatic heterocycles. The Morgan fingerprint density at radius 2 is 1.81 bits per heavy atom. The third-order valence-electron chi connectivity index (χ3n) is 3.12. The topological polar surface area (TPSA) is 44.8 Å². The summed E-state index contributed by atoms with van der Waals surface area (Å²) in [6.07, 6.45) is 3.74. The molecule has 0 radical (unpaired) electrons. The van der Waals surface area contributed by atoms with Gasteiger partial charge in [0.15, 0.2) is 12.0 Å². The van der Waals surface area contributed by atoms with E-state index in [1.54, 1.807) is 30.1 Å². The average molecular weight is 287 g/mol. The van der Waals surface area contributed by atoms with Crippen LogP contribution in [0.3, 0.4) is 0 Å². The van der Waals surface area contributed by atoms with Gasteiger partial charge in [-0.15, -0.1) is 0 Å². The van der Waals surface area contributed by atoms with E-state index in [0.717, 1.165) is 6.20 Å². The molecular weight excluding hydrogens is 276 g/mol. The molecule has 4 nitrogen and oxygen atoms in total. The monoisotopic (exact) mass is 287 g/mol. The molecule has 0 N–H and O–H groups in total. The van der Waals surface area contributed by atoms with Crippen molar-refractivity contribution in [2.45, 2.75) is 0 Å². The zero-order valence-electron chi connectivity index (χ0n) is 11.1. The molecule has 6 heteroatoms. The number of halogens is 2. The third kappa shape index (κ3) is 2.47. The highest BCUT2D eigenvalue weighted by molar-refractivity contribution is 5.80. The molecule has 0 bridgehead atoms. The van der Waals surface area contributed by atoms with Crippen molar-refractivity contribution in [3.63, 3.8) is 0 Å². The van der Waals surface area contributed by atoms with Crippen LogP contribution in [0.4, 0.5) is 8.78 Å². The lowest BCUT2D eigenvalue weighted by molar-refractivity contribution is -0.607. The SMILES string of the molecule is Cn1cc(-c2cc[n+]([O-])cc2F)c(-c2ccc(F)cc2)n1. The Morgan fingerprint density at radius 1 is 1.10 bits per heavy atom. The first kappa shape index (κ1) is 13.2. The number of rotatable bonds is 2. The summed E-state index contributed by atoms with van der Waals surface area (Å²) in [5.41, 5.74) is 2.02. The van der Waals surface area contributed by atoms with Gasteiger partial charge in [0.2, 0.25) is 6.20 Å². The molecule has 3 rings (SSSR count). The molecule has 0 saturated heterocycles. The number of aromatic nitrogens is 3. The summed E-state index contributed by atoms with van der Waals surface area (Å²) in [5.74, 6) is -0.988. The predicted molar refractivity (Wildman–Crippen MR) is 73.0 cm³/mol. The minimum atomic E-state index is -0.635. The van der Waals surface area contributed by atoms with Crippen molar-refractivity contribution in [2.75, 3.05) is 0 Å². The van der Waals surface area contributed by atoms with Crippen LogP contribution in [0.5, 0.6) is 0 Å².